The summed E-state index contributed by atoms with van der Waals surface area (Å²) in [6.45, 7) is 5.04. The van der Waals surface area contributed by atoms with Crippen LogP contribution in [-0.4, -0.2) is 43.2 Å². The van der Waals surface area contributed by atoms with E-state index in [-0.39, 0.29) is 6.10 Å². The van der Waals surface area contributed by atoms with Crippen LogP contribution in [0.3, 0.4) is 0 Å². The average molecular weight is 242 g/mol. The molecular weight excluding hydrogens is 220 g/mol. The third kappa shape index (κ3) is 3.18. The fourth-order valence-electron chi connectivity index (χ4n) is 2.24. The first-order valence-corrected chi connectivity index (χ1v) is 6.30. The van der Waals surface area contributed by atoms with Gasteiger partial charge in [-0.05, 0) is 33.1 Å². The third-order valence-electron chi connectivity index (χ3n) is 3.38. The predicted octanol–water partition coefficient (Wildman–Crippen LogP) is 1.93. The van der Waals surface area contributed by atoms with Gasteiger partial charge < -0.3 is 9.47 Å². The van der Waals surface area contributed by atoms with E-state index in [0.717, 1.165) is 31.5 Å². The number of aliphatic imine (C=N–C) groups is 1. The van der Waals surface area contributed by atoms with Gasteiger partial charge in [0.15, 0.2) is 5.72 Å². The van der Waals surface area contributed by atoms with Crippen LogP contribution in [0.15, 0.2) is 4.99 Å². The van der Waals surface area contributed by atoms with Crippen molar-refractivity contribution in [2.24, 2.45) is 4.99 Å². The quantitative estimate of drug-likeness (QED) is 0.651. The van der Waals surface area contributed by atoms with Crippen LogP contribution >= 0.6 is 0 Å². The van der Waals surface area contributed by atoms with Gasteiger partial charge in [0.05, 0.1) is 12.7 Å². The van der Waals surface area contributed by atoms with Crippen molar-refractivity contribution in [1.82, 2.24) is 5.06 Å². The van der Waals surface area contributed by atoms with E-state index in [9.17, 15) is 0 Å². The third-order valence-corrected chi connectivity index (χ3v) is 3.38. The molecule has 2 heterocycles. The summed E-state index contributed by atoms with van der Waals surface area (Å²) >= 11 is 0. The van der Waals surface area contributed by atoms with Crippen molar-refractivity contribution in [3.8, 4) is 0 Å². The molecule has 5 heteroatoms. The van der Waals surface area contributed by atoms with Crippen LogP contribution in [0, 0.1) is 0 Å². The molecule has 0 N–H and O–H groups in total. The van der Waals surface area contributed by atoms with E-state index in [0.29, 0.717) is 13.4 Å². The van der Waals surface area contributed by atoms with Gasteiger partial charge in [-0.15, -0.1) is 0 Å². The molecule has 2 atom stereocenters. The number of hydrogen-bond acceptors (Lipinski definition) is 5. The summed E-state index contributed by atoms with van der Waals surface area (Å²) in [7, 11) is 1.90. The van der Waals surface area contributed by atoms with Crippen molar-refractivity contribution in [3.63, 3.8) is 0 Å². The molecule has 0 saturated carbocycles. The Kier molecular flexibility index (Phi) is 4.01. The van der Waals surface area contributed by atoms with Gasteiger partial charge in [-0.2, -0.15) is 0 Å². The lowest BCUT2D eigenvalue weighted by atomic mass is 10.0. The van der Waals surface area contributed by atoms with Gasteiger partial charge in [-0.3, -0.25) is 0 Å². The van der Waals surface area contributed by atoms with E-state index in [2.05, 4.69) is 11.9 Å². The fraction of sp³-hybridized carbons (Fsp3) is 0.917. The molecule has 5 nitrogen and oxygen atoms in total. The molecular formula is C12H22N2O3. The standard InChI is InChI=1S/C12H22N2O3/c1-10-5-4-6-12(7-8-15-9-16-10)13-11(2)14(3)17-12/h10H,4-9H2,1-3H3. The van der Waals surface area contributed by atoms with Crippen LogP contribution in [0.2, 0.25) is 0 Å². The lowest BCUT2D eigenvalue weighted by molar-refractivity contribution is -0.188. The molecule has 2 rings (SSSR count). The number of nitrogens with zero attached hydrogens (tertiary/aromatic N) is 2. The molecule has 98 valence electrons. The molecule has 0 aromatic heterocycles. The Labute approximate surface area is 103 Å². The Morgan fingerprint density at radius 2 is 2.24 bits per heavy atom. The smallest absolute Gasteiger partial charge is 0.189 e. The summed E-state index contributed by atoms with van der Waals surface area (Å²) < 4.78 is 11.0. The van der Waals surface area contributed by atoms with E-state index in [1.54, 1.807) is 5.06 Å². The van der Waals surface area contributed by atoms with Crippen molar-refractivity contribution in [1.29, 1.82) is 0 Å². The monoisotopic (exact) mass is 242 g/mol. The van der Waals surface area contributed by atoms with Crippen LogP contribution in [0.25, 0.3) is 0 Å². The normalized spacial score (nSPS) is 36.1. The van der Waals surface area contributed by atoms with Crippen LogP contribution < -0.4 is 0 Å². The number of amidine groups is 1. The second kappa shape index (κ2) is 5.33. The molecule has 2 aliphatic heterocycles. The molecule has 0 amide bonds. The number of rotatable bonds is 0. The van der Waals surface area contributed by atoms with Crippen molar-refractivity contribution >= 4 is 5.84 Å². The molecule has 17 heavy (non-hydrogen) atoms. The second-order valence-electron chi connectivity index (χ2n) is 4.84. The zero-order valence-corrected chi connectivity index (χ0v) is 10.9. The zero-order valence-electron chi connectivity index (χ0n) is 10.9. The fourth-order valence-corrected chi connectivity index (χ4v) is 2.24. The lowest BCUT2D eigenvalue weighted by Crippen LogP contribution is -2.33. The summed E-state index contributed by atoms with van der Waals surface area (Å²) in [5.41, 5.74) is -0.407. The molecule has 1 spiro atoms. The van der Waals surface area contributed by atoms with E-state index >= 15 is 0 Å². The molecule has 1 fully saturated rings. The number of ether oxygens (including phenoxy) is 2. The van der Waals surface area contributed by atoms with E-state index in [1.807, 2.05) is 14.0 Å². The van der Waals surface area contributed by atoms with Crippen LogP contribution in [-0.2, 0) is 14.3 Å². The second-order valence-corrected chi connectivity index (χ2v) is 4.84. The van der Waals surface area contributed by atoms with Crippen molar-refractivity contribution in [3.05, 3.63) is 0 Å². The van der Waals surface area contributed by atoms with Gasteiger partial charge in [0, 0.05) is 13.5 Å². The minimum Gasteiger partial charge on any atom is -0.355 e. The summed E-state index contributed by atoms with van der Waals surface area (Å²) in [5.74, 6) is 0.936. The maximum atomic E-state index is 5.88. The van der Waals surface area contributed by atoms with Gasteiger partial charge >= 0.3 is 0 Å². The SMILES string of the molecule is CC1=NC2(CCCC(C)OCOCC2)ON1C. The first-order valence-electron chi connectivity index (χ1n) is 6.30. The molecule has 0 bridgehead atoms. The molecule has 2 unspecified atom stereocenters. The molecule has 1 saturated heterocycles. The van der Waals surface area contributed by atoms with Gasteiger partial charge in [-0.1, -0.05) is 0 Å². The summed E-state index contributed by atoms with van der Waals surface area (Å²) in [4.78, 5) is 10.5. The molecule has 0 aliphatic carbocycles. The predicted molar refractivity (Wildman–Crippen MR) is 64.5 cm³/mol. The Hall–Kier alpha value is -0.650. The maximum Gasteiger partial charge on any atom is 0.189 e. The average Bonchev–Trinajstić information content (AvgIpc) is 2.54. The number of hydrogen-bond donors (Lipinski definition) is 0. The first kappa shape index (κ1) is 12.8. The summed E-state index contributed by atoms with van der Waals surface area (Å²) in [6.07, 6.45) is 4.03. The highest BCUT2D eigenvalue weighted by Gasteiger charge is 2.38. The van der Waals surface area contributed by atoms with Crippen LogP contribution in [0.4, 0.5) is 0 Å². The van der Waals surface area contributed by atoms with E-state index in [4.69, 9.17) is 14.3 Å². The summed E-state index contributed by atoms with van der Waals surface area (Å²) in [6, 6.07) is 0. The zero-order chi connectivity index (χ0) is 12.3. The molecule has 0 aromatic rings. The van der Waals surface area contributed by atoms with Crippen LogP contribution in [0.5, 0.6) is 0 Å². The Morgan fingerprint density at radius 3 is 2.94 bits per heavy atom. The first-order chi connectivity index (χ1) is 8.11. The highest BCUT2D eigenvalue weighted by Crippen LogP contribution is 2.32. The summed E-state index contributed by atoms with van der Waals surface area (Å²) in [5, 5.41) is 1.76. The lowest BCUT2D eigenvalue weighted by Gasteiger charge is -2.28. The Bertz CT molecular complexity index is 295. The van der Waals surface area contributed by atoms with E-state index < -0.39 is 5.72 Å². The van der Waals surface area contributed by atoms with Gasteiger partial charge in [0.2, 0.25) is 0 Å². The van der Waals surface area contributed by atoms with Gasteiger partial charge in [0.1, 0.15) is 12.6 Å². The maximum absolute atomic E-state index is 5.88. The molecule has 0 radical (unpaired) electrons. The largest absolute Gasteiger partial charge is 0.355 e. The van der Waals surface area contributed by atoms with E-state index in [1.165, 1.54) is 0 Å². The van der Waals surface area contributed by atoms with Crippen molar-refractivity contribution < 1.29 is 14.3 Å². The highest BCUT2D eigenvalue weighted by atomic mass is 16.7. The van der Waals surface area contributed by atoms with Crippen LogP contribution in [0.1, 0.15) is 39.5 Å². The molecule has 2 aliphatic rings. The minimum absolute atomic E-state index is 0.245. The van der Waals surface area contributed by atoms with Gasteiger partial charge in [0.25, 0.3) is 0 Å². The topological polar surface area (TPSA) is 43.3 Å². The highest BCUT2D eigenvalue weighted by molar-refractivity contribution is 5.79. The van der Waals surface area contributed by atoms with Crippen molar-refractivity contribution in [2.75, 3.05) is 20.4 Å². The Balaban J connectivity index is 2.00. The molecule has 0 aromatic carbocycles. The van der Waals surface area contributed by atoms with Gasteiger partial charge in [-0.25, -0.2) is 14.9 Å². The Morgan fingerprint density at radius 1 is 1.41 bits per heavy atom. The number of hydroxylamine groups is 2. The van der Waals surface area contributed by atoms with Crippen molar-refractivity contribution in [2.45, 2.75) is 51.4 Å². The minimum atomic E-state index is -0.407.